The molecule has 2 aliphatic carbocycles. The van der Waals surface area contributed by atoms with E-state index in [-0.39, 0.29) is 28.3 Å². The summed E-state index contributed by atoms with van der Waals surface area (Å²) in [5.41, 5.74) is -0.448. The van der Waals surface area contributed by atoms with Crippen LogP contribution >= 0.6 is 0 Å². The van der Waals surface area contributed by atoms with Gasteiger partial charge in [-0.1, -0.05) is 20.8 Å². The van der Waals surface area contributed by atoms with E-state index in [0.29, 0.717) is 0 Å². The van der Waals surface area contributed by atoms with Gasteiger partial charge in [0.1, 0.15) is 0 Å². The smallest absolute Gasteiger partial charge is 0.205 e. The predicted molar refractivity (Wildman–Crippen MR) is 44.6 cm³/mol. The van der Waals surface area contributed by atoms with Crippen molar-refractivity contribution < 1.29 is 9.59 Å². The van der Waals surface area contributed by atoms with Gasteiger partial charge in [-0.05, 0) is 18.3 Å². The molecule has 2 bridgehead atoms. The zero-order chi connectivity index (χ0) is 9.15. The zero-order valence-corrected chi connectivity index (χ0v) is 7.81. The minimum atomic E-state index is -0.352. The van der Waals surface area contributed by atoms with Crippen molar-refractivity contribution in [3.8, 4) is 0 Å². The van der Waals surface area contributed by atoms with Crippen molar-refractivity contribution in [1.29, 1.82) is 0 Å². The molecule has 2 aliphatic rings. The molecule has 2 saturated carbocycles. The molecule has 66 valence electrons. The molecule has 0 aromatic carbocycles. The van der Waals surface area contributed by atoms with Crippen molar-refractivity contribution in [3.63, 3.8) is 0 Å². The van der Waals surface area contributed by atoms with Crippen molar-refractivity contribution >= 4 is 11.6 Å². The van der Waals surface area contributed by atoms with Crippen LogP contribution in [0.25, 0.3) is 0 Å². The fourth-order valence-corrected chi connectivity index (χ4v) is 2.80. The number of hydrogen-bond donors (Lipinski definition) is 0. The maximum atomic E-state index is 11.6. The number of Topliss-reactive ketones (excluding diaryl/α,β-unsaturated/α-hetero) is 2. The fourth-order valence-electron chi connectivity index (χ4n) is 2.80. The maximum absolute atomic E-state index is 11.6. The van der Waals surface area contributed by atoms with Gasteiger partial charge in [-0.3, -0.25) is 9.59 Å². The van der Waals surface area contributed by atoms with E-state index in [1.165, 1.54) is 0 Å². The van der Waals surface area contributed by atoms with Crippen LogP contribution in [-0.2, 0) is 9.59 Å². The molecule has 0 spiro atoms. The molecular formula is C10H14O2. The van der Waals surface area contributed by atoms with E-state index in [1.54, 1.807) is 0 Å². The average Bonchev–Trinajstić information content (AvgIpc) is 2.26. The summed E-state index contributed by atoms with van der Waals surface area (Å²) in [5, 5.41) is 0. The maximum Gasteiger partial charge on any atom is 0.205 e. The highest BCUT2D eigenvalue weighted by Gasteiger charge is 2.66. The molecule has 0 N–H and O–H groups in total. The lowest BCUT2D eigenvalue weighted by Gasteiger charge is -2.31. The van der Waals surface area contributed by atoms with Gasteiger partial charge in [0.15, 0.2) is 0 Å². The van der Waals surface area contributed by atoms with Crippen LogP contribution in [0, 0.1) is 16.7 Å². The van der Waals surface area contributed by atoms with Gasteiger partial charge in [-0.15, -0.1) is 0 Å². The topological polar surface area (TPSA) is 34.1 Å². The standard InChI is InChI=1S/C10H14O2/c1-9(2)6-4-5-10(9,3)8(12)7(6)11/h6H,4-5H2,1-3H3/t6-,10-/m1/s1. The fraction of sp³-hybridized carbons (Fsp3) is 0.800. The number of ketones is 2. The number of carbonyl (C=O) groups is 2. The van der Waals surface area contributed by atoms with Crippen molar-refractivity contribution in [3.05, 3.63) is 0 Å². The van der Waals surface area contributed by atoms with Gasteiger partial charge in [0.05, 0.1) is 0 Å². The highest BCUT2D eigenvalue weighted by atomic mass is 16.2. The molecule has 2 atom stereocenters. The molecule has 2 heteroatoms. The Morgan fingerprint density at radius 2 is 1.83 bits per heavy atom. The minimum Gasteiger partial charge on any atom is -0.291 e. The number of carbonyl (C=O) groups excluding carboxylic acids is 2. The summed E-state index contributed by atoms with van der Waals surface area (Å²) < 4.78 is 0. The Morgan fingerprint density at radius 3 is 2.08 bits per heavy atom. The highest BCUT2D eigenvalue weighted by Crippen LogP contribution is 2.61. The van der Waals surface area contributed by atoms with Crippen LogP contribution in [-0.4, -0.2) is 11.6 Å². The average molecular weight is 166 g/mol. The Hall–Kier alpha value is -0.660. The molecule has 0 radical (unpaired) electrons. The van der Waals surface area contributed by atoms with Crippen LogP contribution < -0.4 is 0 Å². The first kappa shape index (κ1) is 7.96. The minimum absolute atomic E-state index is 0.00926. The van der Waals surface area contributed by atoms with Crippen molar-refractivity contribution in [1.82, 2.24) is 0 Å². The van der Waals surface area contributed by atoms with E-state index in [1.807, 2.05) is 20.8 Å². The first-order valence-corrected chi connectivity index (χ1v) is 4.50. The lowest BCUT2D eigenvalue weighted by molar-refractivity contribution is -0.141. The molecule has 12 heavy (non-hydrogen) atoms. The second-order valence-electron chi connectivity index (χ2n) is 4.84. The molecule has 0 unspecified atom stereocenters. The van der Waals surface area contributed by atoms with Crippen LogP contribution in [0.3, 0.4) is 0 Å². The quantitative estimate of drug-likeness (QED) is 0.512. The number of hydrogen-bond acceptors (Lipinski definition) is 2. The number of rotatable bonds is 0. The molecule has 0 heterocycles. The second kappa shape index (κ2) is 1.81. The summed E-state index contributed by atoms with van der Waals surface area (Å²) in [4.78, 5) is 23.0. The summed E-state index contributed by atoms with van der Waals surface area (Å²) in [5.74, 6) is -0.229. The largest absolute Gasteiger partial charge is 0.291 e. The molecule has 0 amide bonds. The highest BCUT2D eigenvalue weighted by molar-refractivity contribution is 6.43. The Bertz CT molecular complexity index is 278. The molecule has 2 rings (SSSR count). The SMILES string of the molecule is CC1(C)[C@@H]2CC[C@]1(C)C(=O)C2=O. The van der Waals surface area contributed by atoms with Gasteiger partial charge in [0.2, 0.25) is 11.6 Å². The van der Waals surface area contributed by atoms with E-state index >= 15 is 0 Å². The van der Waals surface area contributed by atoms with Crippen LogP contribution in [0.2, 0.25) is 0 Å². The summed E-state index contributed by atoms with van der Waals surface area (Å²) in [6, 6.07) is 0. The van der Waals surface area contributed by atoms with Gasteiger partial charge < -0.3 is 0 Å². The molecule has 0 aliphatic heterocycles. The third kappa shape index (κ3) is 0.551. The molecule has 0 saturated heterocycles. The van der Waals surface area contributed by atoms with Crippen LogP contribution in [0.4, 0.5) is 0 Å². The Morgan fingerprint density at radius 1 is 1.25 bits per heavy atom. The summed E-state index contributed by atoms with van der Waals surface area (Å²) >= 11 is 0. The summed E-state index contributed by atoms with van der Waals surface area (Å²) in [6.45, 7) is 6.04. The van der Waals surface area contributed by atoms with Crippen LogP contribution in [0.15, 0.2) is 0 Å². The van der Waals surface area contributed by atoms with Gasteiger partial charge in [0.25, 0.3) is 0 Å². The molecule has 0 aromatic heterocycles. The van der Waals surface area contributed by atoms with E-state index in [2.05, 4.69) is 0 Å². The van der Waals surface area contributed by atoms with E-state index < -0.39 is 0 Å². The molecule has 0 aromatic rings. The second-order valence-corrected chi connectivity index (χ2v) is 4.84. The van der Waals surface area contributed by atoms with E-state index in [9.17, 15) is 9.59 Å². The van der Waals surface area contributed by atoms with E-state index in [4.69, 9.17) is 0 Å². The summed E-state index contributed by atoms with van der Waals surface area (Å²) in [7, 11) is 0. The predicted octanol–water partition coefficient (Wildman–Crippen LogP) is 1.58. The first-order chi connectivity index (χ1) is 5.41. The normalized spacial score (nSPS) is 44.1. The third-order valence-corrected chi connectivity index (χ3v) is 4.27. The lowest BCUT2D eigenvalue weighted by atomic mass is 9.70. The van der Waals surface area contributed by atoms with Gasteiger partial charge in [0, 0.05) is 11.3 Å². The Labute approximate surface area is 72.3 Å². The molecule has 2 fully saturated rings. The third-order valence-electron chi connectivity index (χ3n) is 4.27. The van der Waals surface area contributed by atoms with Crippen LogP contribution in [0.1, 0.15) is 33.6 Å². The molecular weight excluding hydrogens is 152 g/mol. The monoisotopic (exact) mass is 166 g/mol. The Kier molecular flexibility index (Phi) is 1.20. The van der Waals surface area contributed by atoms with Crippen molar-refractivity contribution in [2.75, 3.05) is 0 Å². The van der Waals surface area contributed by atoms with Crippen LogP contribution in [0.5, 0.6) is 0 Å². The van der Waals surface area contributed by atoms with Crippen molar-refractivity contribution in [2.45, 2.75) is 33.6 Å². The van der Waals surface area contributed by atoms with Gasteiger partial charge >= 0.3 is 0 Å². The first-order valence-electron chi connectivity index (χ1n) is 4.50. The summed E-state index contributed by atoms with van der Waals surface area (Å²) in [6.07, 6.45) is 1.81. The van der Waals surface area contributed by atoms with Gasteiger partial charge in [-0.25, -0.2) is 0 Å². The lowest BCUT2D eigenvalue weighted by Crippen LogP contribution is -2.33. The number of fused-ring (bicyclic) bond motifs is 2. The zero-order valence-electron chi connectivity index (χ0n) is 7.81. The van der Waals surface area contributed by atoms with Crippen molar-refractivity contribution in [2.24, 2.45) is 16.7 Å². The Balaban J connectivity index is 2.58. The van der Waals surface area contributed by atoms with E-state index in [0.717, 1.165) is 12.8 Å². The van der Waals surface area contributed by atoms with Gasteiger partial charge in [-0.2, -0.15) is 0 Å². The molecule has 2 nitrogen and oxygen atoms in total.